The number of benzene rings is 1. The molecule has 0 aliphatic rings. The molecule has 0 aromatic heterocycles. The lowest BCUT2D eigenvalue weighted by molar-refractivity contribution is -0.384. The Morgan fingerprint density at radius 3 is 2.61 bits per heavy atom. The minimum Gasteiger partial charge on any atom is -0.394 e. The Bertz CT molecular complexity index is 433. The molecular formula is C10H13N3O5. The highest BCUT2D eigenvalue weighted by atomic mass is 16.6. The number of carbonyl (C=O) groups is 1. The average Bonchev–Trinajstić information content (AvgIpc) is 2.36. The second-order valence-corrected chi connectivity index (χ2v) is 3.47. The number of nitro groups is 1. The summed E-state index contributed by atoms with van der Waals surface area (Å²) in [6, 6.07) is 3.98. The topological polar surface area (TPSA) is 125 Å². The largest absolute Gasteiger partial charge is 0.394 e. The summed E-state index contributed by atoms with van der Waals surface area (Å²) in [4.78, 5) is 21.4. The maximum atomic E-state index is 11.4. The number of amides is 2. The van der Waals surface area contributed by atoms with Gasteiger partial charge in [-0.3, -0.25) is 10.1 Å². The van der Waals surface area contributed by atoms with E-state index in [1.165, 1.54) is 24.3 Å². The van der Waals surface area contributed by atoms with Crippen molar-refractivity contribution in [3.05, 3.63) is 34.4 Å². The number of urea groups is 1. The van der Waals surface area contributed by atoms with Gasteiger partial charge in [-0.2, -0.15) is 0 Å². The number of carbonyl (C=O) groups excluding carboxylic acids is 1. The molecule has 0 saturated heterocycles. The van der Waals surface area contributed by atoms with Crippen molar-refractivity contribution in [2.24, 2.45) is 0 Å². The molecule has 0 fully saturated rings. The molecule has 8 nitrogen and oxygen atoms in total. The van der Waals surface area contributed by atoms with Gasteiger partial charge >= 0.3 is 6.03 Å². The summed E-state index contributed by atoms with van der Waals surface area (Å²) in [5.41, 5.74) is 0.102. The van der Waals surface area contributed by atoms with E-state index in [-0.39, 0.29) is 11.4 Å². The third-order valence-corrected chi connectivity index (χ3v) is 2.09. The van der Waals surface area contributed by atoms with Crippen molar-refractivity contribution in [3.63, 3.8) is 0 Å². The van der Waals surface area contributed by atoms with Gasteiger partial charge in [0.25, 0.3) is 5.69 Å². The third kappa shape index (κ3) is 4.00. The van der Waals surface area contributed by atoms with E-state index in [4.69, 9.17) is 10.2 Å². The fourth-order valence-electron chi connectivity index (χ4n) is 1.20. The van der Waals surface area contributed by atoms with E-state index in [1.807, 2.05) is 0 Å². The Morgan fingerprint density at radius 1 is 1.39 bits per heavy atom. The fraction of sp³-hybridized carbons (Fsp3) is 0.300. The van der Waals surface area contributed by atoms with Crippen LogP contribution in [0.4, 0.5) is 16.2 Å². The van der Waals surface area contributed by atoms with Crippen LogP contribution in [0.15, 0.2) is 24.3 Å². The molecule has 0 radical (unpaired) electrons. The van der Waals surface area contributed by atoms with Gasteiger partial charge in [-0.25, -0.2) is 4.79 Å². The Morgan fingerprint density at radius 2 is 2.06 bits per heavy atom. The number of aliphatic hydroxyl groups is 2. The Balaban J connectivity index is 2.64. The first kappa shape index (κ1) is 13.9. The van der Waals surface area contributed by atoms with Gasteiger partial charge in [0.15, 0.2) is 0 Å². The summed E-state index contributed by atoms with van der Waals surface area (Å²) >= 11 is 0. The van der Waals surface area contributed by atoms with Crippen LogP contribution < -0.4 is 10.6 Å². The predicted molar refractivity (Wildman–Crippen MR) is 63.2 cm³/mol. The molecular weight excluding hydrogens is 242 g/mol. The van der Waals surface area contributed by atoms with E-state index in [0.29, 0.717) is 0 Å². The summed E-state index contributed by atoms with van der Waals surface area (Å²) in [6.45, 7) is -0.808. The van der Waals surface area contributed by atoms with E-state index in [9.17, 15) is 14.9 Å². The number of non-ortho nitro benzene ring substituents is 1. The van der Waals surface area contributed by atoms with E-state index < -0.39 is 30.2 Å². The highest BCUT2D eigenvalue weighted by Gasteiger charge is 2.11. The van der Waals surface area contributed by atoms with Crippen LogP contribution in [0, 0.1) is 10.1 Å². The zero-order valence-corrected chi connectivity index (χ0v) is 9.37. The zero-order chi connectivity index (χ0) is 13.5. The minimum atomic E-state index is -0.774. The second-order valence-electron chi connectivity index (χ2n) is 3.47. The first-order valence-corrected chi connectivity index (χ1v) is 5.10. The van der Waals surface area contributed by atoms with Gasteiger partial charge in [-0.1, -0.05) is 6.07 Å². The lowest BCUT2D eigenvalue weighted by Gasteiger charge is -2.13. The van der Waals surface area contributed by atoms with Crippen molar-refractivity contribution in [1.29, 1.82) is 0 Å². The molecule has 1 aromatic rings. The smallest absolute Gasteiger partial charge is 0.319 e. The summed E-state index contributed by atoms with van der Waals surface area (Å²) in [7, 11) is 0. The Hall–Kier alpha value is -2.19. The lowest BCUT2D eigenvalue weighted by atomic mass is 10.3. The molecule has 0 unspecified atom stereocenters. The first-order valence-electron chi connectivity index (χ1n) is 5.10. The quantitative estimate of drug-likeness (QED) is 0.437. The van der Waals surface area contributed by atoms with Crippen molar-refractivity contribution < 1.29 is 19.9 Å². The molecule has 0 heterocycles. The van der Waals surface area contributed by atoms with Crippen LogP contribution in [0.25, 0.3) is 0 Å². The maximum Gasteiger partial charge on any atom is 0.319 e. The maximum absolute atomic E-state index is 11.4. The van der Waals surface area contributed by atoms with Crippen LogP contribution >= 0.6 is 0 Å². The molecule has 98 valence electrons. The highest BCUT2D eigenvalue weighted by Crippen LogP contribution is 2.16. The number of nitrogens with one attached hydrogen (secondary N) is 2. The summed E-state index contributed by atoms with van der Waals surface area (Å²) in [5.74, 6) is 0. The van der Waals surface area contributed by atoms with Crippen LogP contribution in [0.5, 0.6) is 0 Å². The molecule has 0 atom stereocenters. The average molecular weight is 255 g/mol. The normalized spacial score (nSPS) is 10.2. The molecule has 1 aromatic carbocycles. The second kappa shape index (κ2) is 6.52. The van der Waals surface area contributed by atoms with Crippen molar-refractivity contribution in [2.45, 2.75) is 6.04 Å². The third-order valence-electron chi connectivity index (χ3n) is 2.09. The monoisotopic (exact) mass is 255 g/mol. The van der Waals surface area contributed by atoms with Gasteiger partial charge < -0.3 is 20.8 Å². The predicted octanol–water partition coefficient (Wildman–Crippen LogP) is 0.0695. The number of nitrogens with zero attached hydrogens (tertiary/aromatic N) is 1. The fourth-order valence-corrected chi connectivity index (χ4v) is 1.20. The number of hydrogen-bond acceptors (Lipinski definition) is 5. The number of hydrogen-bond donors (Lipinski definition) is 4. The molecule has 1 rings (SSSR count). The molecule has 8 heteroatoms. The van der Waals surface area contributed by atoms with Crippen LogP contribution in [0.1, 0.15) is 0 Å². The molecule has 0 spiro atoms. The number of anilines is 1. The molecule has 0 bridgehead atoms. The number of nitro benzene ring substituents is 1. The Kier molecular flexibility index (Phi) is 5.03. The molecule has 18 heavy (non-hydrogen) atoms. The summed E-state index contributed by atoms with van der Waals surface area (Å²) in [5, 5.41) is 32.7. The van der Waals surface area contributed by atoms with E-state index in [0.717, 1.165) is 0 Å². The van der Waals surface area contributed by atoms with E-state index in [2.05, 4.69) is 10.6 Å². The number of rotatable bonds is 5. The molecule has 0 saturated carbocycles. The van der Waals surface area contributed by atoms with Crippen LogP contribution in [-0.4, -0.2) is 40.4 Å². The van der Waals surface area contributed by atoms with Gasteiger partial charge in [0, 0.05) is 17.8 Å². The van der Waals surface area contributed by atoms with Gasteiger partial charge in [0.2, 0.25) is 0 Å². The van der Waals surface area contributed by atoms with Crippen molar-refractivity contribution in [2.75, 3.05) is 18.5 Å². The van der Waals surface area contributed by atoms with E-state index in [1.54, 1.807) is 0 Å². The van der Waals surface area contributed by atoms with Gasteiger partial charge in [-0.15, -0.1) is 0 Å². The summed E-state index contributed by atoms with van der Waals surface area (Å²) in [6.07, 6.45) is 0. The molecule has 4 N–H and O–H groups in total. The number of aliphatic hydroxyl groups excluding tert-OH is 2. The zero-order valence-electron chi connectivity index (χ0n) is 9.37. The van der Waals surface area contributed by atoms with Gasteiger partial charge in [-0.05, 0) is 6.07 Å². The lowest BCUT2D eigenvalue weighted by Crippen LogP contribution is -2.42. The molecule has 2 amide bonds. The standard InChI is InChI=1S/C10H13N3O5/c14-5-8(6-15)12-10(16)11-7-2-1-3-9(4-7)13(17)18/h1-4,8,14-15H,5-6H2,(H2,11,12,16). The highest BCUT2D eigenvalue weighted by molar-refractivity contribution is 5.89. The molecule has 0 aliphatic heterocycles. The summed E-state index contributed by atoms with van der Waals surface area (Å²) < 4.78 is 0. The minimum absolute atomic E-state index is 0.145. The van der Waals surface area contributed by atoms with Crippen LogP contribution in [-0.2, 0) is 0 Å². The van der Waals surface area contributed by atoms with Crippen molar-refractivity contribution in [1.82, 2.24) is 5.32 Å². The Labute approximate surface area is 102 Å². The van der Waals surface area contributed by atoms with E-state index >= 15 is 0 Å². The SMILES string of the molecule is O=C(Nc1cccc([N+](=O)[O-])c1)NC(CO)CO. The van der Waals surface area contributed by atoms with Crippen molar-refractivity contribution in [3.8, 4) is 0 Å². The van der Waals surface area contributed by atoms with Gasteiger partial charge in [0.05, 0.1) is 24.2 Å². The van der Waals surface area contributed by atoms with Crippen LogP contribution in [0.3, 0.4) is 0 Å². The van der Waals surface area contributed by atoms with Crippen LogP contribution in [0.2, 0.25) is 0 Å². The van der Waals surface area contributed by atoms with Crippen molar-refractivity contribution >= 4 is 17.4 Å². The first-order chi connectivity index (χ1) is 8.56. The van der Waals surface area contributed by atoms with Gasteiger partial charge in [0.1, 0.15) is 0 Å². The molecule has 0 aliphatic carbocycles.